The fraction of sp³-hybridized carbons (Fsp3) is 0.385. The van der Waals surface area contributed by atoms with Gasteiger partial charge in [0.15, 0.2) is 0 Å². The Hall–Kier alpha value is -3.08. The second-order valence-corrected chi connectivity index (χ2v) is 8.39. The van der Waals surface area contributed by atoms with Gasteiger partial charge in [0.1, 0.15) is 5.69 Å². The van der Waals surface area contributed by atoms with Crippen LogP contribution in [0.4, 0.5) is 5.88 Å². The molecule has 1 heterocycles. The van der Waals surface area contributed by atoms with Crippen LogP contribution in [0.15, 0.2) is 59.1 Å². The minimum Gasteiger partial charge on any atom is -0.341 e. The molecule has 0 saturated carbocycles. The molecule has 1 aromatic heterocycles. The Morgan fingerprint density at radius 3 is 2.29 bits per heavy atom. The molecule has 0 bridgehead atoms. The molecule has 31 heavy (non-hydrogen) atoms. The Balaban J connectivity index is 2.09. The van der Waals surface area contributed by atoms with E-state index in [4.69, 9.17) is 4.52 Å². The van der Waals surface area contributed by atoms with Gasteiger partial charge in [-0.05, 0) is 45.7 Å². The van der Waals surface area contributed by atoms with Crippen molar-refractivity contribution in [1.82, 2.24) is 10.1 Å². The van der Waals surface area contributed by atoms with Gasteiger partial charge in [-0.3, -0.25) is 4.79 Å². The highest BCUT2D eigenvalue weighted by Gasteiger charge is 2.28. The van der Waals surface area contributed by atoms with Crippen LogP contribution < -0.4 is 4.90 Å². The third kappa shape index (κ3) is 4.82. The summed E-state index contributed by atoms with van der Waals surface area (Å²) in [6.45, 7) is 10.8. The van der Waals surface area contributed by atoms with E-state index in [-0.39, 0.29) is 18.0 Å². The van der Waals surface area contributed by atoms with Crippen molar-refractivity contribution in [3.63, 3.8) is 0 Å². The van der Waals surface area contributed by atoms with Crippen LogP contribution in [-0.4, -0.2) is 35.1 Å². The largest absolute Gasteiger partial charge is 0.341 e. The van der Waals surface area contributed by atoms with Gasteiger partial charge >= 0.3 is 0 Å². The SMILES string of the molecule is CC[C@@H](C)N(Cc1c(-c2ccccc2)noc1N(C)C(C)C)C(=O)c1ccccc1C. The maximum Gasteiger partial charge on any atom is 0.254 e. The summed E-state index contributed by atoms with van der Waals surface area (Å²) in [4.78, 5) is 17.6. The molecule has 2 aromatic carbocycles. The van der Waals surface area contributed by atoms with E-state index < -0.39 is 0 Å². The number of rotatable bonds is 8. The average molecular weight is 420 g/mol. The molecular formula is C26H33N3O2. The number of benzene rings is 2. The van der Waals surface area contributed by atoms with Crippen LogP contribution >= 0.6 is 0 Å². The fourth-order valence-electron chi connectivity index (χ4n) is 3.56. The minimum absolute atomic E-state index is 0.0332. The van der Waals surface area contributed by atoms with Gasteiger partial charge in [-0.25, -0.2) is 0 Å². The maximum absolute atomic E-state index is 13.6. The Kier molecular flexibility index (Phi) is 7.16. The van der Waals surface area contributed by atoms with Crippen molar-refractivity contribution in [3.05, 3.63) is 71.3 Å². The summed E-state index contributed by atoms with van der Waals surface area (Å²) in [5.41, 5.74) is 4.42. The van der Waals surface area contributed by atoms with Crippen LogP contribution in [-0.2, 0) is 6.54 Å². The van der Waals surface area contributed by atoms with E-state index in [1.807, 2.05) is 73.5 Å². The van der Waals surface area contributed by atoms with E-state index in [1.54, 1.807) is 0 Å². The molecule has 0 unspecified atom stereocenters. The van der Waals surface area contributed by atoms with Gasteiger partial charge in [0.05, 0.1) is 12.1 Å². The van der Waals surface area contributed by atoms with Gasteiger partial charge in [0.2, 0.25) is 5.88 Å². The van der Waals surface area contributed by atoms with E-state index in [1.165, 1.54) is 0 Å². The second kappa shape index (κ2) is 9.82. The first-order valence-electron chi connectivity index (χ1n) is 11.0. The molecule has 0 saturated heterocycles. The molecule has 164 valence electrons. The molecular weight excluding hydrogens is 386 g/mol. The molecule has 1 atom stereocenters. The van der Waals surface area contributed by atoms with Crippen molar-refractivity contribution < 1.29 is 9.32 Å². The number of carbonyl (C=O) groups is 1. The maximum atomic E-state index is 13.6. The first kappa shape index (κ1) is 22.6. The third-order valence-electron chi connectivity index (χ3n) is 6.00. The van der Waals surface area contributed by atoms with Crippen molar-refractivity contribution in [2.24, 2.45) is 0 Å². The van der Waals surface area contributed by atoms with Crippen LogP contribution in [0, 0.1) is 6.92 Å². The molecule has 5 nitrogen and oxygen atoms in total. The highest BCUT2D eigenvalue weighted by molar-refractivity contribution is 5.96. The standard InChI is InChI=1S/C26H33N3O2/c1-7-20(5)29(25(30)22-16-12-11-13-19(22)4)17-23-24(21-14-9-8-10-15-21)27-31-26(23)28(6)18(2)3/h8-16,18,20H,7,17H2,1-6H3/t20-/m1/s1. The van der Waals surface area contributed by atoms with Crippen molar-refractivity contribution >= 4 is 11.8 Å². The van der Waals surface area contributed by atoms with Crippen molar-refractivity contribution in [3.8, 4) is 11.3 Å². The van der Waals surface area contributed by atoms with Gasteiger partial charge in [0, 0.05) is 30.3 Å². The third-order valence-corrected chi connectivity index (χ3v) is 6.00. The first-order chi connectivity index (χ1) is 14.8. The molecule has 0 aliphatic rings. The smallest absolute Gasteiger partial charge is 0.254 e. The number of anilines is 1. The van der Waals surface area contributed by atoms with E-state index in [0.717, 1.165) is 34.4 Å². The van der Waals surface area contributed by atoms with Crippen molar-refractivity contribution in [2.45, 2.75) is 59.7 Å². The molecule has 0 spiro atoms. The van der Waals surface area contributed by atoms with E-state index in [0.29, 0.717) is 12.4 Å². The monoisotopic (exact) mass is 419 g/mol. The lowest BCUT2D eigenvalue weighted by Crippen LogP contribution is -2.38. The lowest BCUT2D eigenvalue weighted by atomic mass is 10.0. The molecule has 0 fully saturated rings. The number of carbonyl (C=O) groups excluding carboxylic acids is 1. The lowest BCUT2D eigenvalue weighted by Gasteiger charge is -2.30. The summed E-state index contributed by atoms with van der Waals surface area (Å²) in [6.07, 6.45) is 0.860. The van der Waals surface area contributed by atoms with Crippen LogP contribution in [0.2, 0.25) is 0 Å². The summed E-state index contributed by atoms with van der Waals surface area (Å²) < 4.78 is 5.83. The molecule has 5 heteroatoms. The summed E-state index contributed by atoms with van der Waals surface area (Å²) in [5, 5.41) is 4.42. The number of hydrogen-bond acceptors (Lipinski definition) is 4. The Morgan fingerprint density at radius 2 is 1.68 bits per heavy atom. The second-order valence-electron chi connectivity index (χ2n) is 8.39. The average Bonchev–Trinajstić information content (AvgIpc) is 3.20. The summed E-state index contributed by atoms with van der Waals surface area (Å²) in [5.74, 6) is 0.741. The fourth-order valence-corrected chi connectivity index (χ4v) is 3.56. The normalized spacial score (nSPS) is 12.1. The molecule has 0 aliphatic carbocycles. The van der Waals surface area contributed by atoms with Gasteiger partial charge in [-0.1, -0.05) is 60.6 Å². The van der Waals surface area contributed by atoms with Crippen LogP contribution in [0.25, 0.3) is 11.3 Å². The minimum atomic E-state index is 0.0332. The van der Waals surface area contributed by atoms with Crippen molar-refractivity contribution in [2.75, 3.05) is 11.9 Å². The van der Waals surface area contributed by atoms with Gasteiger partial charge < -0.3 is 14.3 Å². The number of aromatic nitrogens is 1. The van der Waals surface area contributed by atoms with Crippen molar-refractivity contribution in [1.29, 1.82) is 0 Å². The first-order valence-corrected chi connectivity index (χ1v) is 11.0. The highest BCUT2D eigenvalue weighted by Crippen LogP contribution is 2.34. The topological polar surface area (TPSA) is 49.6 Å². The van der Waals surface area contributed by atoms with E-state index >= 15 is 0 Å². The molecule has 1 amide bonds. The van der Waals surface area contributed by atoms with Crippen LogP contribution in [0.5, 0.6) is 0 Å². The van der Waals surface area contributed by atoms with E-state index in [9.17, 15) is 4.79 Å². The van der Waals surface area contributed by atoms with Gasteiger partial charge in [-0.15, -0.1) is 0 Å². The quantitative estimate of drug-likeness (QED) is 0.454. The predicted molar refractivity (Wildman–Crippen MR) is 126 cm³/mol. The van der Waals surface area contributed by atoms with Crippen LogP contribution in [0.1, 0.15) is 55.6 Å². The molecule has 0 radical (unpaired) electrons. The molecule has 0 aliphatic heterocycles. The zero-order valence-electron chi connectivity index (χ0n) is 19.4. The summed E-state index contributed by atoms with van der Waals surface area (Å²) in [7, 11) is 2.00. The number of hydrogen-bond donors (Lipinski definition) is 0. The highest BCUT2D eigenvalue weighted by atomic mass is 16.5. The molecule has 0 N–H and O–H groups in total. The van der Waals surface area contributed by atoms with Gasteiger partial charge in [0.25, 0.3) is 5.91 Å². The summed E-state index contributed by atoms with van der Waals surface area (Å²) >= 11 is 0. The zero-order valence-corrected chi connectivity index (χ0v) is 19.4. The Morgan fingerprint density at radius 1 is 1.03 bits per heavy atom. The van der Waals surface area contributed by atoms with Crippen LogP contribution in [0.3, 0.4) is 0 Å². The number of amides is 1. The Labute approximate surface area is 185 Å². The Bertz CT molecular complexity index is 1010. The van der Waals surface area contributed by atoms with Gasteiger partial charge in [-0.2, -0.15) is 0 Å². The predicted octanol–water partition coefficient (Wildman–Crippen LogP) is 5.94. The number of aryl methyl sites for hydroxylation is 1. The number of nitrogens with zero attached hydrogens (tertiary/aromatic N) is 3. The summed E-state index contributed by atoms with van der Waals surface area (Å²) in [6, 6.07) is 18.1. The van der Waals surface area contributed by atoms with E-state index in [2.05, 4.69) is 37.8 Å². The zero-order chi connectivity index (χ0) is 22.5. The molecule has 3 aromatic rings. The lowest BCUT2D eigenvalue weighted by molar-refractivity contribution is 0.0671. The molecule has 3 rings (SSSR count).